The SMILES string of the molecule is COc1ccc(NC(C)=O)cc1NC(=O)C[NH+](C)Cc1ccc(N(C)C)cc1. The Hall–Kier alpha value is -3.06. The van der Waals surface area contributed by atoms with Crippen LogP contribution in [-0.4, -0.2) is 46.6 Å². The van der Waals surface area contributed by atoms with Crippen LogP contribution in [0.25, 0.3) is 0 Å². The number of hydrogen-bond acceptors (Lipinski definition) is 4. The first-order chi connectivity index (χ1) is 13.3. The van der Waals surface area contributed by atoms with Crippen LogP contribution in [0.4, 0.5) is 17.1 Å². The average Bonchev–Trinajstić information content (AvgIpc) is 2.61. The van der Waals surface area contributed by atoms with Crippen molar-refractivity contribution < 1.29 is 19.2 Å². The highest BCUT2D eigenvalue weighted by Gasteiger charge is 2.14. The molecule has 7 heteroatoms. The predicted molar refractivity (Wildman–Crippen MR) is 112 cm³/mol. The van der Waals surface area contributed by atoms with Crippen LogP contribution in [0, 0.1) is 0 Å². The summed E-state index contributed by atoms with van der Waals surface area (Å²) in [6.07, 6.45) is 0. The Morgan fingerprint density at radius 1 is 1.07 bits per heavy atom. The molecule has 2 amide bonds. The number of anilines is 3. The molecule has 0 saturated heterocycles. The van der Waals surface area contributed by atoms with E-state index in [0.29, 0.717) is 23.7 Å². The van der Waals surface area contributed by atoms with Gasteiger partial charge in [0.25, 0.3) is 5.91 Å². The van der Waals surface area contributed by atoms with E-state index < -0.39 is 0 Å². The number of likely N-dealkylation sites (N-methyl/N-ethyl adjacent to an activating group) is 1. The average molecular weight is 385 g/mol. The molecule has 150 valence electrons. The highest BCUT2D eigenvalue weighted by molar-refractivity contribution is 5.95. The first-order valence-corrected chi connectivity index (χ1v) is 9.11. The molecule has 2 aromatic carbocycles. The normalized spacial score (nSPS) is 11.5. The first kappa shape index (κ1) is 21.2. The smallest absolute Gasteiger partial charge is 0.279 e. The lowest BCUT2D eigenvalue weighted by molar-refractivity contribution is -0.885. The number of hydrogen-bond donors (Lipinski definition) is 3. The number of amides is 2. The largest absolute Gasteiger partial charge is 0.495 e. The molecule has 0 heterocycles. The van der Waals surface area contributed by atoms with E-state index >= 15 is 0 Å². The third kappa shape index (κ3) is 6.28. The third-order valence-corrected chi connectivity index (χ3v) is 4.21. The van der Waals surface area contributed by atoms with Crippen molar-refractivity contribution in [3.05, 3.63) is 48.0 Å². The number of methoxy groups -OCH3 is 1. The van der Waals surface area contributed by atoms with Crippen LogP contribution >= 0.6 is 0 Å². The van der Waals surface area contributed by atoms with Crippen LogP contribution in [-0.2, 0) is 16.1 Å². The number of nitrogens with one attached hydrogen (secondary N) is 3. The molecule has 0 spiro atoms. The van der Waals surface area contributed by atoms with E-state index in [1.807, 2.05) is 21.1 Å². The second kappa shape index (κ2) is 9.75. The molecular formula is C21H29N4O3+. The van der Waals surface area contributed by atoms with Crippen molar-refractivity contribution in [1.29, 1.82) is 0 Å². The molecule has 1 atom stereocenters. The van der Waals surface area contributed by atoms with Gasteiger partial charge in [-0.05, 0) is 30.3 Å². The summed E-state index contributed by atoms with van der Waals surface area (Å²) in [6, 6.07) is 13.4. The molecule has 0 aliphatic carbocycles. The van der Waals surface area contributed by atoms with E-state index in [9.17, 15) is 9.59 Å². The van der Waals surface area contributed by atoms with Crippen LogP contribution in [0.2, 0.25) is 0 Å². The zero-order valence-electron chi connectivity index (χ0n) is 17.1. The standard InChI is InChI=1S/C21H28N4O3/c1-15(26)22-17-8-11-20(28-5)19(12-17)23-21(27)14-25(4)13-16-6-9-18(10-7-16)24(2)3/h6-12H,13-14H2,1-5H3,(H,22,26)(H,23,27)/p+1. The van der Waals surface area contributed by atoms with Gasteiger partial charge in [0, 0.05) is 38.0 Å². The minimum atomic E-state index is -0.174. The Morgan fingerprint density at radius 2 is 1.75 bits per heavy atom. The van der Waals surface area contributed by atoms with Crippen molar-refractivity contribution in [2.45, 2.75) is 13.5 Å². The minimum Gasteiger partial charge on any atom is -0.495 e. The number of nitrogens with zero attached hydrogens (tertiary/aromatic N) is 1. The van der Waals surface area contributed by atoms with E-state index in [1.54, 1.807) is 18.2 Å². The van der Waals surface area contributed by atoms with Crippen molar-refractivity contribution in [1.82, 2.24) is 0 Å². The molecule has 0 fully saturated rings. The molecule has 0 aromatic heterocycles. The van der Waals surface area contributed by atoms with E-state index in [2.05, 4.69) is 39.8 Å². The summed E-state index contributed by atoms with van der Waals surface area (Å²) in [5, 5.41) is 5.57. The van der Waals surface area contributed by atoms with E-state index in [4.69, 9.17) is 4.74 Å². The molecule has 28 heavy (non-hydrogen) atoms. The van der Waals surface area contributed by atoms with Gasteiger partial charge in [-0.2, -0.15) is 0 Å². The maximum atomic E-state index is 12.5. The van der Waals surface area contributed by atoms with Gasteiger partial charge in [-0.25, -0.2) is 0 Å². The van der Waals surface area contributed by atoms with Crippen LogP contribution in [0.3, 0.4) is 0 Å². The minimum absolute atomic E-state index is 0.124. The van der Waals surface area contributed by atoms with Gasteiger partial charge in [-0.1, -0.05) is 12.1 Å². The summed E-state index contributed by atoms with van der Waals surface area (Å²) in [4.78, 5) is 26.8. The predicted octanol–water partition coefficient (Wildman–Crippen LogP) is 1.37. The van der Waals surface area contributed by atoms with Gasteiger partial charge in [0.05, 0.1) is 19.8 Å². The van der Waals surface area contributed by atoms with Crippen molar-refractivity contribution >= 4 is 28.9 Å². The van der Waals surface area contributed by atoms with Crippen LogP contribution in [0.15, 0.2) is 42.5 Å². The van der Waals surface area contributed by atoms with Gasteiger partial charge in [0.1, 0.15) is 12.3 Å². The second-order valence-electron chi connectivity index (χ2n) is 7.02. The number of benzene rings is 2. The molecular weight excluding hydrogens is 356 g/mol. The van der Waals surface area contributed by atoms with Gasteiger partial charge in [-0.3, -0.25) is 9.59 Å². The van der Waals surface area contributed by atoms with E-state index in [-0.39, 0.29) is 11.8 Å². The van der Waals surface area contributed by atoms with Crippen molar-refractivity contribution in [2.24, 2.45) is 0 Å². The van der Waals surface area contributed by atoms with Crippen LogP contribution in [0.1, 0.15) is 12.5 Å². The summed E-state index contributed by atoms with van der Waals surface area (Å²) in [7, 11) is 7.53. The number of quaternary nitrogens is 1. The Bertz CT molecular complexity index is 819. The Balaban J connectivity index is 1.97. The first-order valence-electron chi connectivity index (χ1n) is 9.11. The lowest BCUT2D eigenvalue weighted by Crippen LogP contribution is -3.08. The van der Waals surface area contributed by atoms with Gasteiger partial charge in [-0.15, -0.1) is 0 Å². The fourth-order valence-electron chi connectivity index (χ4n) is 2.88. The maximum Gasteiger partial charge on any atom is 0.279 e. The fraction of sp³-hybridized carbons (Fsp3) is 0.333. The lowest BCUT2D eigenvalue weighted by Gasteiger charge is -2.17. The van der Waals surface area contributed by atoms with E-state index in [1.165, 1.54) is 19.6 Å². The Kier molecular flexibility index (Phi) is 7.40. The summed E-state index contributed by atoms with van der Waals surface area (Å²) in [6.45, 7) is 2.49. The zero-order valence-corrected chi connectivity index (χ0v) is 17.1. The molecule has 1 unspecified atom stereocenters. The second-order valence-corrected chi connectivity index (χ2v) is 7.02. The molecule has 0 aliphatic heterocycles. The molecule has 3 N–H and O–H groups in total. The van der Waals surface area contributed by atoms with Gasteiger partial charge in [0.2, 0.25) is 5.91 Å². The van der Waals surface area contributed by atoms with E-state index in [0.717, 1.165) is 17.1 Å². The monoisotopic (exact) mass is 385 g/mol. The summed E-state index contributed by atoms with van der Waals surface area (Å²) >= 11 is 0. The summed E-state index contributed by atoms with van der Waals surface area (Å²) in [5.74, 6) is 0.243. The fourth-order valence-corrected chi connectivity index (χ4v) is 2.88. The number of rotatable bonds is 8. The van der Waals surface area contributed by atoms with Gasteiger partial charge >= 0.3 is 0 Å². The topological polar surface area (TPSA) is 75.1 Å². The molecule has 0 radical (unpaired) electrons. The molecule has 7 nitrogen and oxygen atoms in total. The summed E-state index contributed by atoms with van der Waals surface area (Å²) < 4.78 is 5.30. The molecule has 0 bridgehead atoms. The van der Waals surface area contributed by atoms with Gasteiger partial charge in [0.15, 0.2) is 6.54 Å². The number of carbonyl (C=O) groups excluding carboxylic acids is 2. The molecule has 0 aliphatic rings. The quantitative estimate of drug-likeness (QED) is 0.642. The van der Waals surface area contributed by atoms with Crippen molar-refractivity contribution in [3.63, 3.8) is 0 Å². The van der Waals surface area contributed by atoms with Crippen LogP contribution < -0.4 is 25.2 Å². The number of ether oxygens (including phenoxy) is 1. The highest BCUT2D eigenvalue weighted by Crippen LogP contribution is 2.27. The highest BCUT2D eigenvalue weighted by atomic mass is 16.5. The maximum absolute atomic E-state index is 12.5. The third-order valence-electron chi connectivity index (χ3n) is 4.21. The molecule has 2 aromatic rings. The molecule has 0 saturated carbocycles. The lowest BCUT2D eigenvalue weighted by atomic mass is 10.2. The Morgan fingerprint density at radius 3 is 2.32 bits per heavy atom. The van der Waals surface area contributed by atoms with Gasteiger partial charge < -0.3 is 25.2 Å². The van der Waals surface area contributed by atoms with Crippen LogP contribution in [0.5, 0.6) is 5.75 Å². The molecule has 2 rings (SSSR count). The van der Waals surface area contributed by atoms with Crippen molar-refractivity contribution in [3.8, 4) is 5.75 Å². The van der Waals surface area contributed by atoms with Crippen molar-refractivity contribution in [2.75, 3.05) is 50.3 Å². The Labute approximate surface area is 166 Å². The number of carbonyl (C=O) groups is 2. The summed E-state index contributed by atoms with van der Waals surface area (Å²) in [5.41, 5.74) is 3.44. The zero-order chi connectivity index (χ0) is 20.7.